The van der Waals surface area contributed by atoms with Crippen molar-refractivity contribution in [1.82, 2.24) is 15.5 Å². The van der Waals surface area contributed by atoms with Crippen LogP contribution in [0.1, 0.15) is 71.0 Å². The van der Waals surface area contributed by atoms with Crippen LogP contribution in [0.5, 0.6) is 0 Å². The number of hydrogen-bond donors (Lipinski definition) is 2. The van der Waals surface area contributed by atoms with Crippen LogP contribution in [0.2, 0.25) is 0 Å². The van der Waals surface area contributed by atoms with Crippen molar-refractivity contribution in [2.75, 3.05) is 11.9 Å². The lowest BCUT2D eigenvalue weighted by Crippen LogP contribution is -2.17. The molecule has 3 aromatic rings. The average Bonchev–Trinajstić information content (AvgIpc) is 3.28. The molecule has 0 fully saturated rings. The summed E-state index contributed by atoms with van der Waals surface area (Å²) in [6.45, 7) is 21.6. The van der Waals surface area contributed by atoms with Crippen molar-refractivity contribution in [2.24, 2.45) is 5.92 Å². The van der Waals surface area contributed by atoms with Gasteiger partial charge in [-0.15, -0.1) is 16.8 Å². The lowest BCUT2D eigenvalue weighted by Gasteiger charge is -2.24. The summed E-state index contributed by atoms with van der Waals surface area (Å²) in [5, 5.41) is 15.5. The molecule has 0 saturated carbocycles. The standard InChI is InChI=1S/C29H38N4O/c1-19(2)17-18-30-21(5)22-13-15-25(16-14-22)31-26(20(3)4)23-9-11-24(12-10-23)27-32-33-28(34-27)29(6,7)8/h9-16,20,26,30-31H,1,5,17-18H2,2-4,6-8H3. The summed E-state index contributed by atoms with van der Waals surface area (Å²) in [5.41, 5.74) is 6.24. The summed E-state index contributed by atoms with van der Waals surface area (Å²) >= 11 is 0. The van der Waals surface area contributed by atoms with E-state index < -0.39 is 0 Å². The Kier molecular flexibility index (Phi) is 7.98. The van der Waals surface area contributed by atoms with Crippen molar-refractivity contribution in [3.63, 3.8) is 0 Å². The van der Waals surface area contributed by atoms with Crippen LogP contribution < -0.4 is 10.6 Å². The Balaban J connectivity index is 1.69. The minimum Gasteiger partial charge on any atom is -0.420 e. The predicted octanol–water partition coefficient (Wildman–Crippen LogP) is 7.37. The van der Waals surface area contributed by atoms with Crippen LogP contribution in [-0.2, 0) is 5.41 Å². The molecule has 1 unspecified atom stereocenters. The molecule has 5 heteroatoms. The van der Waals surface area contributed by atoms with Crippen LogP contribution in [0.15, 0.2) is 71.7 Å². The third-order valence-corrected chi connectivity index (χ3v) is 5.70. The Bertz CT molecular complexity index is 1100. The van der Waals surface area contributed by atoms with E-state index in [0.29, 0.717) is 17.7 Å². The fourth-order valence-electron chi connectivity index (χ4n) is 3.59. The molecule has 2 N–H and O–H groups in total. The van der Waals surface area contributed by atoms with E-state index in [-0.39, 0.29) is 11.5 Å². The third-order valence-electron chi connectivity index (χ3n) is 5.70. The van der Waals surface area contributed by atoms with Gasteiger partial charge in [0.05, 0.1) is 6.04 Å². The summed E-state index contributed by atoms with van der Waals surface area (Å²) in [4.78, 5) is 0. The second-order valence-electron chi connectivity index (χ2n) is 10.3. The van der Waals surface area contributed by atoms with Crippen LogP contribution >= 0.6 is 0 Å². The number of aromatic nitrogens is 2. The van der Waals surface area contributed by atoms with Gasteiger partial charge in [0, 0.05) is 28.9 Å². The monoisotopic (exact) mass is 458 g/mol. The second kappa shape index (κ2) is 10.7. The summed E-state index contributed by atoms with van der Waals surface area (Å²) in [7, 11) is 0. The molecule has 0 aliphatic carbocycles. The minimum atomic E-state index is -0.166. The molecule has 0 amide bonds. The average molecular weight is 459 g/mol. The SMILES string of the molecule is C=C(C)CCNC(=C)c1ccc(NC(c2ccc(-c3nnc(C(C)(C)C)o3)cc2)C(C)C)cc1. The molecule has 0 saturated heterocycles. The normalized spacial score (nSPS) is 12.4. The Morgan fingerprint density at radius 1 is 0.971 bits per heavy atom. The molecule has 2 aromatic carbocycles. The first-order chi connectivity index (χ1) is 16.0. The van der Waals surface area contributed by atoms with Crippen molar-refractivity contribution in [2.45, 2.75) is 59.4 Å². The molecular weight excluding hydrogens is 420 g/mol. The highest BCUT2D eigenvalue weighted by atomic mass is 16.4. The molecule has 0 bridgehead atoms. The van der Waals surface area contributed by atoms with Crippen LogP contribution in [0, 0.1) is 5.92 Å². The first-order valence-corrected chi connectivity index (χ1v) is 11.9. The number of benzene rings is 2. The molecular formula is C29H38N4O. The van der Waals surface area contributed by atoms with Crippen molar-refractivity contribution < 1.29 is 4.42 Å². The summed E-state index contributed by atoms with van der Waals surface area (Å²) in [6.07, 6.45) is 0.942. The largest absolute Gasteiger partial charge is 0.420 e. The molecule has 0 aliphatic rings. The molecule has 0 aliphatic heterocycles. The van der Waals surface area contributed by atoms with Gasteiger partial charge < -0.3 is 15.1 Å². The molecule has 0 spiro atoms. The molecule has 5 nitrogen and oxygen atoms in total. The fourth-order valence-corrected chi connectivity index (χ4v) is 3.59. The summed E-state index contributed by atoms with van der Waals surface area (Å²) < 4.78 is 5.89. The fraction of sp³-hybridized carbons (Fsp3) is 0.379. The number of nitrogens with zero attached hydrogens (tertiary/aromatic N) is 2. The molecule has 1 aromatic heterocycles. The van der Waals surface area contributed by atoms with Gasteiger partial charge in [-0.2, -0.15) is 0 Å². The number of rotatable bonds is 10. The Hall–Kier alpha value is -3.34. The predicted molar refractivity (Wildman–Crippen MR) is 143 cm³/mol. The smallest absolute Gasteiger partial charge is 0.247 e. The lowest BCUT2D eigenvalue weighted by atomic mass is 9.94. The first kappa shape index (κ1) is 25.3. The number of nitrogens with one attached hydrogen (secondary N) is 2. The Labute approximate surface area is 204 Å². The molecule has 1 heterocycles. The van der Waals surface area contributed by atoms with Crippen molar-refractivity contribution in [1.29, 1.82) is 0 Å². The van der Waals surface area contributed by atoms with E-state index in [1.54, 1.807) is 0 Å². The number of anilines is 1. The van der Waals surface area contributed by atoms with Crippen LogP contribution in [0.3, 0.4) is 0 Å². The van der Waals surface area contributed by atoms with Gasteiger partial charge in [-0.1, -0.05) is 71.0 Å². The van der Waals surface area contributed by atoms with Gasteiger partial charge in [0.15, 0.2) is 0 Å². The van der Waals surface area contributed by atoms with Crippen LogP contribution in [-0.4, -0.2) is 16.7 Å². The van der Waals surface area contributed by atoms with E-state index >= 15 is 0 Å². The van der Waals surface area contributed by atoms with E-state index in [1.807, 2.05) is 6.92 Å². The Morgan fingerprint density at radius 2 is 1.62 bits per heavy atom. The van der Waals surface area contributed by atoms with E-state index in [9.17, 15) is 0 Å². The van der Waals surface area contributed by atoms with E-state index in [4.69, 9.17) is 4.42 Å². The van der Waals surface area contributed by atoms with Crippen LogP contribution in [0.4, 0.5) is 5.69 Å². The lowest BCUT2D eigenvalue weighted by molar-refractivity contribution is 0.399. The first-order valence-electron chi connectivity index (χ1n) is 11.9. The highest BCUT2D eigenvalue weighted by molar-refractivity contribution is 5.64. The van der Waals surface area contributed by atoms with E-state index in [0.717, 1.165) is 35.5 Å². The van der Waals surface area contributed by atoms with Crippen LogP contribution in [0.25, 0.3) is 17.2 Å². The van der Waals surface area contributed by atoms with Crippen molar-refractivity contribution in [3.8, 4) is 11.5 Å². The van der Waals surface area contributed by atoms with Crippen molar-refractivity contribution in [3.05, 3.63) is 84.3 Å². The highest BCUT2D eigenvalue weighted by Gasteiger charge is 2.22. The summed E-state index contributed by atoms with van der Waals surface area (Å²) in [6, 6.07) is 17.0. The zero-order valence-corrected chi connectivity index (χ0v) is 21.4. The summed E-state index contributed by atoms with van der Waals surface area (Å²) in [5.74, 6) is 1.60. The maximum atomic E-state index is 5.89. The topological polar surface area (TPSA) is 63.0 Å². The third kappa shape index (κ3) is 6.60. The van der Waals surface area contributed by atoms with E-state index in [2.05, 4.69) is 117 Å². The zero-order valence-electron chi connectivity index (χ0n) is 21.4. The van der Waals surface area contributed by atoms with Gasteiger partial charge in [0.25, 0.3) is 0 Å². The number of hydrogen-bond acceptors (Lipinski definition) is 5. The van der Waals surface area contributed by atoms with Gasteiger partial charge in [-0.25, -0.2) is 0 Å². The molecule has 3 rings (SSSR count). The van der Waals surface area contributed by atoms with Gasteiger partial charge >= 0.3 is 0 Å². The van der Waals surface area contributed by atoms with Gasteiger partial charge in [-0.05, 0) is 54.7 Å². The highest BCUT2D eigenvalue weighted by Crippen LogP contribution is 2.30. The maximum absolute atomic E-state index is 5.89. The molecule has 0 radical (unpaired) electrons. The maximum Gasteiger partial charge on any atom is 0.247 e. The molecule has 180 valence electrons. The zero-order chi connectivity index (χ0) is 24.9. The van der Waals surface area contributed by atoms with Gasteiger partial charge in [0.1, 0.15) is 0 Å². The molecule has 1 atom stereocenters. The Morgan fingerprint density at radius 3 is 2.15 bits per heavy atom. The van der Waals surface area contributed by atoms with Gasteiger partial charge in [0.2, 0.25) is 11.8 Å². The molecule has 34 heavy (non-hydrogen) atoms. The van der Waals surface area contributed by atoms with E-state index in [1.165, 1.54) is 11.1 Å². The minimum absolute atomic E-state index is 0.166. The quantitative estimate of drug-likeness (QED) is 0.311. The van der Waals surface area contributed by atoms with Gasteiger partial charge in [-0.3, -0.25) is 0 Å². The second-order valence-corrected chi connectivity index (χ2v) is 10.3. The van der Waals surface area contributed by atoms with Crippen molar-refractivity contribution >= 4 is 11.4 Å².